The van der Waals surface area contributed by atoms with Crippen molar-refractivity contribution in [3.05, 3.63) is 76.5 Å². The molecule has 1 aliphatic rings. The van der Waals surface area contributed by atoms with E-state index in [1.807, 2.05) is 26.0 Å². The molecule has 2 aromatic carbocycles. The zero-order valence-electron chi connectivity index (χ0n) is 16.7. The number of anilines is 1. The Kier molecular flexibility index (Phi) is 5.87. The maximum absolute atomic E-state index is 13.6. The van der Waals surface area contributed by atoms with E-state index in [4.69, 9.17) is 0 Å². The third kappa shape index (κ3) is 4.32. The van der Waals surface area contributed by atoms with Gasteiger partial charge in [0.2, 0.25) is 0 Å². The number of urea groups is 1. The minimum absolute atomic E-state index is 0.0184. The van der Waals surface area contributed by atoms with Gasteiger partial charge in [-0.25, -0.2) is 4.79 Å². The average Bonchev–Trinajstić information content (AvgIpc) is 2.66. The Bertz CT molecular complexity index is 1010. The Morgan fingerprint density at radius 1 is 1.07 bits per heavy atom. The van der Waals surface area contributed by atoms with Gasteiger partial charge in [-0.15, -0.1) is 0 Å². The highest BCUT2D eigenvalue weighted by Crippen LogP contribution is 2.38. The van der Waals surface area contributed by atoms with Crippen LogP contribution in [-0.2, 0) is 11.0 Å². The Morgan fingerprint density at radius 2 is 1.70 bits per heavy atom. The van der Waals surface area contributed by atoms with E-state index < -0.39 is 29.7 Å². The fourth-order valence-electron chi connectivity index (χ4n) is 3.54. The van der Waals surface area contributed by atoms with Crippen LogP contribution in [0.15, 0.2) is 59.8 Å². The second kappa shape index (κ2) is 8.22. The fourth-order valence-corrected chi connectivity index (χ4v) is 3.54. The number of para-hydroxylation sites is 1. The highest BCUT2D eigenvalue weighted by Gasteiger charge is 2.39. The first-order chi connectivity index (χ1) is 14.1. The average molecular weight is 417 g/mol. The monoisotopic (exact) mass is 417 g/mol. The van der Waals surface area contributed by atoms with Crippen LogP contribution in [0.4, 0.5) is 23.7 Å². The van der Waals surface area contributed by atoms with Crippen LogP contribution in [0.2, 0.25) is 0 Å². The van der Waals surface area contributed by atoms with Crippen molar-refractivity contribution in [3.63, 3.8) is 0 Å². The number of allylic oxidation sites excluding steroid dienone is 1. The Labute approximate surface area is 172 Å². The molecule has 1 heterocycles. The molecule has 0 bridgehead atoms. The second-order valence-electron chi connectivity index (χ2n) is 7.35. The van der Waals surface area contributed by atoms with Crippen molar-refractivity contribution in [3.8, 4) is 0 Å². The third-order valence-corrected chi connectivity index (χ3v) is 4.92. The lowest BCUT2D eigenvalue weighted by Crippen LogP contribution is -2.46. The van der Waals surface area contributed by atoms with E-state index in [0.717, 1.165) is 11.6 Å². The molecule has 30 heavy (non-hydrogen) atoms. The summed E-state index contributed by atoms with van der Waals surface area (Å²) in [7, 11) is 0. The summed E-state index contributed by atoms with van der Waals surface area (Å²) in [4.78, 5) is 25.2. The number of carbonyl (C=O) groups excluding carboxylic acids is 2. The molecular weight excluding hydrogens is 395 g/mol. The summed E-state index contributed by atoms with van der Waals surface area (Å²) in [5, 5.41) is 7.74. The maximum Gasteiger partial charge on any atom is 0.416 e. The molecular formula is C22H22F3N3O2. The van der Waals surface area contributed by atoms with E-state index in [-0.39, 0.29) is 22.8 Å². The molecule has 1 atom stereocenters. The smallest absolute Gasteiger partial charge is 0.327 e. The first-order valence-electron chi connectivity index (χ1n) is 9.44. The molecule has 0 spiro atoms. The first kappa shape index (κ1) is 21.4. The van der Waals surface area contributed by atoms with Crippen molar-refractivity contribution >= 4 is 17.6 Å². The van der Waals surface area contributed by atoms with E-state index in [0.29, 0.717) is 5.69 Å². The quantitative estimate of drug-likeness (QED) is 0.648. The number of carbonyl (C=O) groups is 2. The van der Waals surface area contributed by atoms with Crippen LogP contribution in [0.25, 0.3) is 0 Å². The van der Waals surface area contributed by atoms with Gasteiger partial charge in [0.15, 0.2) is 0 Å². The lowest BCUT2D eigenvalue weighted by molar-refractivity contribution is -0.138. The van der Waals surface area contributed by atoms with Crippen LogP contribution in [-0.4, -0.2) is 11.9 Å². The van der Waals surface area contributed by atoms with Crippen molar-refractivity contribution in [2.75, 3.05) is 5.32 Å². The molecule has 3 N–H and O–H groups in total. The van der Waals surface area contributed by atoms with Gasteiger partial charge >= 0.3 is 12.2 Å². The molecule has 0 saturated carbocycles. The summed E-state index contributed by atoms with van der Waals surface area (Å²) in [6.45, 7) is 5.44. The number of alkyl halides is 3. The van der Waals surface area contributed by atoms with Gasteiger partial charge in [0.05, 0.1) is 17.2 Å². The summed E-state index contributed by atoms with van der Waals surface area (Å²) >= 11 is 0. The molecule has 0 fully saturated rings. The molecule has 158 valence electrons. The Balaban J connectivity index is 2.05. The topological polar surface area (TPSA) is 70.2 Å². The number of rotatable bonds is 4. The molecule has 5 nitrogen and oxygen atoms in total. The Hall–Kier alpha value is -3.29. The van der Waals surface area contributed by atoms with E-state index in [9.17, 15) is 22.8 Å². The summed E-state index contributed by atoms with van der Waals surface area (Å²) in [5.74, 6) is -0.461. The normalized spacial score (nSPS) is 16.9. The second-order valence-corrected chi connectivity index (χ2v) is 7.35. The molecule has 8 heteroatoms. The molecule has 2 aromatic rings. The van der Waals surface area contributed by atoms with Crippen LogP contribution >= 0.6 is 0 Å². The van der Waals surface area contributed by atoms with Crippen LogP contribution < -0.4 is 16.0 Å². The molecule has 0 radical (unpaired) electrons. The van der Waals surface area contributed by atoms with Crippen molar-refractivity contribution in [1.82, 2.24) is 10.6 Å². The lowest BCUT2D eigenvalue weighted by atomic mass is 9.91. The minimum Gasteiger partial charge on any atom is -0.327 e. The number of hydrogen-bond acceptors (Lipinski definition) is 2. The highest BCUT2D eigenvalue weighted by atomic mass is 19.4. The predicted octanol–water partition coefficient (Wildman–Crippen LogP) is 5.10. The highest BCUT2D eigenvalue weighted by molar-refractivity contribution is 6.07. The van der Waals surface area contributed by atoms with Crippen molar-refractivity contribution in [1.29, 1.82) is 0 Å². The third-order valence-electron chi connectivity index (χ3n) is 4.92. The molecule has 3 amide bonds. The van der Waals surface area contributed by atoms with Gasteiger partial charge in [-0.3, -0.25) is 4.79 Å². The molecule has 0 unspecified atom stereocenters. The number of nitrogens with one attached hydrogen (secondary N) is 3. The van der Waals surface area contributed by atoms with Gasteiger partial charge in [-0.05, 0) is 36.1 Å². The molecule has 0 aliphatic carbocycles. The molecule has 0 saturated heterocycles. The van der Waals surface area contributed by atoms with E-state index in [2.05, 4.69) is 16.0 Å². The van der Waals surface area contributed by atoms with Gasteiger partial charge in [-0.1, -0.05) is 50.2 Å². The van der Waals surface area contributed by atoms with Crippen molar-refractivity contribution in [2.45, 2.75) is 38.9 Å². The number of hydrogen-bond donors (Lipinski definition) is 3. The van der Waals surface area contributed by atoms with Gasteiger partial charge in [0.25, 0.3) is 5.91 Å². The molecule has 1 aliphatic heterocycles. The zero-order valence-corrected chi connectivity index (χ0v) is 16.7. The van der Waals surface area contributed by atoms with Crippen LogP contribution in [0.3, 0.4) is 0 Å². The van der Waals surface area contributed by atoms with Gasteiger partial charge < -0.3 is 16.0 Å². The summed E-state index contributed by atoms with van der Waals surface area (Å²) in [6, 6.07) is 10.2. The number of halogens is 3. The van der Waals surface area contributed by atoms with Gasteiger partial charge in [-0.2, -0.15) is 13.2 Å². The van der Waals surface area contributed by atoms with Crippen LogP contribution in [0, 0.1) is 0 Å². The lowest BCUT2D eigenvalue weighted by Gasteiger charge is -2.30. The summed E-state index contributed by atoms with van der Waals surface area (Å²) in [6.07, 6.45) is -4.63. The van der Waals surface area contributed by atoms with Crippen molar-refractivity contribution in [2.24, 2.45) is 0 Å². The molecule has 0 aromatic heterocycles. The fraction of sp³-hybridized carbons (Fsp3) is 0.273. The van der Waals surface area contributed by atoms with Gasteiger partial charge in [0.1, 0.15) is 0 Å². The zero-order chi connectivity index (χ0) is 22.1. The number of amides is 3. The minimum atomic E-state index is -4.63. The first-order valence-corrected chi connectivity index (χ1v) is 9.44. The van der Waals surface area contributed by atoms with Crippen LogP contribution in [0.1, 0.15) is 49.4 Å². The van der Waals surface area contributed by atoms with Gasteiger partial charge in [0, 0.05) is 11.4 Å². The van der Waals surface area contributed by atoms with Crippen molar-refractivity contribution < 1.29 is 22.8 Å². The van der Waals surface area contributed by atoms with Crippen LogP contribution in [0.5, 0.6) is 0 Å². The molecule has 3 rings (SSSR count). The van der Waals surface area contributed by atoms with E-state index in [1.165, 1.54) is 25.1 Å². The largest absolute Gasteiger partial charge is 0.416 e. The summed E-state index contributed by atoms with van der Waals surface area (Å²) < 4.78 is 40.7. The standard InChI is InChI=1S/C22H22F3N3O2/c1-12(2)14-8-5-7-11-17(14)27-20(29)18-13(3)26-21(30)28-19(18)15-9-4-6-10-16(15)22(23,24)25/h4-12,19H,1-3H3,(H,27,29)(H2,26,28,30)/t19-/m0/s1. The van der Waals surface area contributed by atoms with E-state index in [1.54, 1.807) is 12.1 Å². The Morgan fingerprint density at radius 3 is 2.37 bits per heavy atom. The van der Waals surface area contributed by atoms with E-state index >= 15 is 0 Å². The summed E-state index contributed by atoms with van der Waals surface area (Å²) in [5.41, 5.74) is 0.575. The SMILES string of the molecule is CC1=C(C(=O)Nc2ccccc2C(C)C)[C@H](c2ccccc2C(F)(F)F)NC(=O)N1. The maximum atomic E-state index is 13.6. The predicted molar refractivity (Wildman–Crippen MR) is 108 cm³/mol. The number of benzene rings is 2.